The second-order valence-corrected chi connectivity index (χ2v) is 6.25. The van der Waals surface area contributed by atoms with Crippen molar-refractivity contribution in [1.29, 1.82) is 0 Å². The molecule has 6 nitrogen and oxygen atoms in total. The van der Waals surface area contributed by atoms with Crippen LogP contribution in [0, 0.1) is 5.82 Å². The number of nitrogens with zero attached hydrogens (tertiary/aromatic N) is 1. The fourth-order valence-corrected chi connectivity index (χ4v) is 3.09. The molecule has 2 aromatic carbocycles. The van der Waals surface area contributed by atoms with Crippen LogP contribution >= 0.6 is 11.3 Å². The Kier molecular flexibility index (Phi) is 4.40. The number of rotatable bonds is 5. The third-order valence-electron chi connectivity index (χ3n) is 3.60. The first-order chi connectivity index (χ1) is 12.7. The second kappa shape index (κ2) is 7.01. The van der Waals surface area contributed by atoms with E-state index in [9.17, 15) is 9.18 Å². The third-order valence-corrected chi connectivity index (χ3v) is 4.36. The highest BCUT2D eigenvalue weighted by Gasteiger charge is 2.15. The maximum atomic E-state index is 12.8. The van der Waals surface area contributed by atoms with Gasteiger partial charge in [0.15, 0.2) is 23.2 Å². The van der Waals surface area contributed by atoms with E-state index in [1.807, 2.05) is 23.6 Å². The highest BCUT2D eigenvalue weighted by atomic mass is 32.1. The molecule has 2 heterocycles. The number of nitrogens with one attached hydrogen (secondary N) is 1. The van der Waals surface area contributed by atoms with Gasteiger partial charge in [0.05, 0.1) is 5.69 Å². The Bertz CT molecular complexity index is 943. The Balaban J connectivity index is 1.37. The fraction of sp³-hybridized carbons (Fsp3) is 0.111. The topological polar surface area (TPSA) is 69.7 Å². The molecule has 0 saturated carbocycles. The molecule has 0 radical (unpaired) electrons. The Labute approximate surface area is 152 Å². The number of anilines is 1. The molecule has 4 rings (SSSR count). The van der Waals surface area contributed by atoms with Crippen molar-refractivity contribution in [1.82, 2.24) is 4.98 Å². The highest BCUT2D eigenvalue weighted by Crippen LogP contribution is 2.36. The van der Waals surface area contributed by atoms with Gasteiger partial charge < -0.3 is 14.2 Å². The first kappa shape index (κ1) is 16.3. The lowest BCUT2D eigenvalue weighted by molar-refractivity contribution is -0.118. The van der Waals surface area contributed by atoms with Crippen LogP contribution < -0.4 is 19.5 Å². The van der Waals surface area contributed by atoms with Gasteiger partial charge in [-0.1, -0.05) is 0 Å². The van der Waals surface area contributed by atoms with Crippen molar-refractivity contribution < 1.29 is 23.4 Å². The van der Waals surface area contributed by atoms with Crippen molar-refractivity contribution in [2.75, 3.05) is 18.7 Å². The molecule has 0 unspecified atom stereocenters. The molecule has 3 aromatic rings. The van der Waals surface area contributed by atoms with Gasteiger partial charge in [-0.3, -0.25) is 10.1 Å². The van der Waals surface area contributed by atoms with Gasteiger partial charge in [-0.25, -0.2) is 9.37 Å². The number of benzene rings is 2. The van der Waals surface area contributed by atoms with E-state index in [4.69, 9.17) is 14.2 Å². The number of ether oxygens (including phenoxy) is 3. The Morgan fingerprint density at radius 2 is 2.00 bits per heavy atom. The van der Waals surface area contributed by atoms with Crippen molar-refractivity contribution >= 4 is 22.4 Å². The third kappa shape index (κ3) is 3.60. The van der Waals surface area contributed by atoms with E-state index in [0.717, 1.165) is 11.3 Å². The number of carbonyl (C=O) groups excluding carboxylic acids is 1. The van der Waals surface area contributed by atoms with Crippen LogP contribution in [-0.4, -0.2) is 24.3 Å². The van der Waals surface area contributed by atoms with Gasteiger partial charge in [0, 0.05) is 10.9 Å². The van der Waals surface area contributed by atoms with Gasteiger partial charge in [-0.05, 0) is 42.5 Å². The zero-order valence-electron chi connectivity index (χ0n) is 13.4. The Hall–Kier alpha value is -3.13. The van der Waals surface area contributed by atoms with Crippen LogP contribution in [0.3, 0.4) is 0 Å². The largest absolute Gasteiger partial charge is 0.484 e. The summed E-state index contributed by atoms with van der Waals surface area (Å²) in [6, 6.07) is 11.0. The molecule has 1 aliphatic rings. The van der Waals surface area contributed by atoms with Crippen LogP contribution in [0.1, 0.15) is 0 Å². The molecule has 0 aliphatic carbocycles. The lowest BCUT2D eigenvalue weighted by atomic mass is 10.1. The Morgan fingerprint density at radius 1 is 1.19 bits per heavy atom. The summed E-state index contributed by atoms with van der Waals surface area (Å²) in [5, 5.41) is 4.98. The molecule has 1 aromatic heterocycles. The van der Waals surface area contributed by atoms with E-state index in [2.05, 4.69) is 10.3 Å². The van der Waals surface area contributed by atoms with E-state index in [1.165, 1.54) is 35.6 Å². The zero-order chi connectivity index (χ0) is 17.9. The summed E-state index contributed by atoms with van der Waals surface area (Å²) in [6.45, 7) is 0.0236. The molecule has 0 fully saturated rings. The molecule has 132 valence electrons. The van der Waals surface area contributed by atoms with Crippen LogP contribution in [0.15, 0.2) is 47.8 Å². The average Bonchev–Trinajstić information content (AvgIpc) is 3.29. The minimum Gasteiger partial charge on any atom is -0.484 e. The predicted molar refractivity (Wildman–Crippen MR) is 94.2 cm³/mol. The molecule has 1 amide bonds. The maximum absolute atomic E-state index is 12.8. The molecule has 8 heteroatoms. The number of carbonyl (C=O) groups is 1. The molecular weight excluding hydrogens is 359 g/mol. The summed E-state index contributed by atoms with van der Waals surface area (Å²) in [7, 11) is 0. The summed E-state index contributed by atoms with van der Waals surface area (Å²) >= 11 is 1.31. The summed E-state index contributed by atoms with van der Waals surface area (Å²) in [5.74, 6) is 1.09. The Morgan fingerprint density at radius 3 is 2.85 bits per heavy atom. The van der Waals surface area contributed by atoms with Crippen molar-refractivity contribution in [2.24, 2.45) is 0 Å². The summed E-state index contributed by atoms with van der Waals surface area (Å²) < 4.78 is 28.8. The van der Waals surface area contributed by atoms with E-state index < -0.39 is 0 Å². The minimum absolute atomic E-state index is 0.190. The van der Waals surface area contributed by atoms with E-state index in [1.54, 1.807) is 0 Å². The number of aromatic nitrogens is 1. The van der Waals surface area contributed by atoms with Gasteiger partial charge in [-0.15, -0.1) is 11.3 Å². The molecular formula is C18H13FN2O4S. The van der Waals surface area contributed by atoms with Crippen LogP contribution in [0.4, 0.5) is 9.52 Å². The number of halogens is 1. The molecule has 0 atom stereocenters. The van der Waals surface area contributed by atoms with Crippen LogP contribution in [0.2, 0.25) is 0 Å². The zero-order valence-corrected chi connectivity index (χ0v) is 14.2. The summed E-state index contributed by atoms with van der Waals surface area (Å²) in [5.41, 5.74) is 1.59. The number of hydrogen-bond acceptors (Lipinski definition) is 6. The second-order valence-electron chi connectivity index (χ2n) is 5.40. The molecule has 26 heavy (non-hydrogen) atoms. The van der Waals surface area contributed by atoms with Crippen molar-refractivity contribution in [3.63, 3.8) is 0 Å². The predicted octanol–water partition coefficient (Wildman–Crippen LogP) is 3.70. The van der Waals surface area contributed by atoms with Gasteiger partial charge in [-0.2, -0.15) is 0 Å². The monoisotopic (exact) mass is 372 g/mol. The van der Waals surface area contributed by atoms with Gasteiger partial charge in [0.2, 0.25) is 6.79 Å². The van der Waals surface area contributed by atoms with Crippen molar-refractivity contribution in [3.05, 3.63) is 53.7 Å². The quantitative estimate of drug-likeness (QED) is 0.740. The number of thiazole rings is 1. The van der Waals surface area contributed by atoms with Crippen molar-refractivity contribution in [2.45, 2.75) is 0 Å². The van der Waals surface area contributed by atoms with Crippen LogP contribution in [0.5, 0.6) is 17.2 Å². The van der Waals surface area contributed by atoms with Gasteiger partial charge >= 0.3 is 0 Å². The molecule has 0 saturated heterocycles. The number of amides is 1. The minimum atomic E-state index is -0.361. The average molecular weight is 372 g/mol. The molecule has 1 aliphatic heterocycles. The maximum Gasteiger partial charge on any atom is 0.264 e. The van der Waals surface area contributed by atoms with E-state index in [-0.39, 0.29) is 25.1 Å². The van der Waals surface area contributed by atoms with Crippen molar-refractivity contribution in [3.8, 4) is 28.5 Å². The summed E-state index contributed by atoms with van der Waals surface area (Å²) in [6.07, 6.45) is 0. The normalized spacial score (nSPS) is 12.0. The van der Waals surface area contributed by atoms with E-state index >= 15 is 0 Å². The standard InChI is InChI=1S/C18H13FN2O4S/c19-12-2-4-13(5-3-12)23-8-17(22)21-18-20-14(9-26-18)11-1-6-15-16(7-11)25-10-24-15/h1-7,9H,8,10H2,(H,20,21,22). The fourth-order valence-electron chi connectivity index (χ4n) is 2.35. The van der Waals surface area contributed by atoms with Crippen LogP contribution in [-0.2, 0) is 4.79 Å². The lowest BCUT2D eigenvalue weighted by Crippen LogP contribution is -2.20. The van der Waals surface area contributed by atoms with Gasteiger partial charge in [0.25, 0.3) is 5.91 Å². The van der Waals surface area contributed by atoms with Gasteiger partial charge in [0.1, 0.15) is 11.6 Å². The SMILES string of the molecule is O=C(COc1ccc(F)cc1)Nc1nc(-c2ccc3c(c2)OCO3)cs1. The summed E-state index contributed by atoms with van der Waals surface area (Å²) in [4.78, 5) is 16.4. The lowest BCUT2D eigenvalue weighted by Gasteiger charge is -2.05. The van der Waals surface area contributed by atoms with E-state index in [0.29, 0.717) is 22.4 Å². The molecule has 1 N–H and O–H groups in total. The first-order valence-corrected chi connectivity index (χ1v) is 8.59. The number of hydrogen-bond donors (Lipinski definition) is 1. The number of fused-ring (bicyclic) bond motifs is 1. The first-order valence-electron chi connectivity index (χ1n) is 7.71. The smallest absolute Gasteiger partial charge is 0.264 e. The highest BCUT2D eigenvalue weighted by molar-refractivity contribution is 7.14. The molecule has 0 bridgehead atoms. The van der Waals surface area contributed by atoms with Crippen LogP contribution in [0.25, 0.3) is 11.3 Å². The molecule has 0 spiro atoms.